The Labute approximate surface area is 464 Å². The van der Waals surface area contributed by atoms with Crippen molar-refractivity contribution in [2.24, 2.45) is 0 Å². The minimum absolute atomic E-state index is 0.103. The Bertz CT molecular complexity index is 1480. The number of carbonyl (C=O) groups excluding carboxylic acids is 3. The normalized spacial score (nSPS) is 12.7. The maximum atomic E-state index is 12.9. The minimum Gasteiger partial charge on any atom is -0.462 e. The van der Waals surface area contributed by atoms with Crippen LogP contribution in [0.15, 0.2) is 97.2 Å². The summed E-state index contributed by atoms with van der Waals surface area (Å²) < 4.78 is 16.9. The van der Waals surface area contributed by atoms with Crippen LogP contribution in [0.2, 0.25) is 0 Å². The third kappa shape index (κ3) is 61.1. The third-order valence-corrected chi connectivity index (χ3v) is 13.5. The van der Waals surface area contributed by atoms with Gasteiger partial charge in [0.15, 0.2) is 6.10 Å². The van der Waals surface area contributed by atoms with Gasteiger partial charge in [-0.15, -0.1) is 0 Å². The molecule has 6 nitrogen and oxygen atoms in total. The lowest BCUT2D eigenvalue weighted by Gasteiger charge is -2.18. The van der Waals surface area contributed by atoms with Crippen LogP contribution in [0.3, 0.4) is 0 Å². The highest BCUT2D eigenvalue weighted by atomic mass is 16.6. The van der Waals surface area contributed by atoms with E-state index >= 15 is 0 Å². The zero-order valence-corrected chi connectivity index (χ0v) is 49.3. The van der Waals surface area contributed by atoms with Crippen molar-refractivity contribution < 1.29 is 28.6 Å². The standard InChI is InChI=1S/C69H118O6/c1-4-7-10-13-16-19-22-25-28-31-33-34-36-39-41-44-47-50-53-56-59-62-68(71)74-65-66(75-69(72)63-60-57-54-51-48-45-42-37-30-27-24-21-18-15-12-9-6-3)64-73-67(70)61-58-55-52-49-46-43-40-38-35-32-29-26-23-20-17-14-11-8-5-2/h17-18,20-21,25-30,35,38,43,46,52,55,66H,4-16,19,22-24,31-34,36-37,39-42,44-45,47-51,53-54,56-65H2,1-3H3/b20-17-,21-18-,28-25-,29-26-,30-27-,38-35-,46-43-,55-52-/t66-/m1/s1. The van der Waals surface area contributed by atoms with Crippen molar-refractivity contribution >= 4 is 17.9 Å². The lowest BCUT2D eigenvalue weighted by Crippen LogP contribution is -2.30. The van der Waals surface area contributed by atoms with Crippen LogP contribution in [0.4, 0.5) is 0 Å². The molecule has 0 saturated heterocycles. The van der Waals surface area contributed by atoms with Crippen molar-refractivity contribution in [2.45, 2.75) is 309 Å². The van der Waals surface area contributed by atoms with Gasteiger partial charge in [0.1, 0.15) is 13.2 Å². The van der Waals surface area contributed by atoms with Crippen LogP contribution < -0.4 is 0 Å². The van der Waals surface area contributed by atoms with E-state index in [1.807, 2.05) is 6.08 Å². The number of allylic oxidation sites excluding steroid dienone is 16. The summed E-state index contributed by atoms with van der Waals surface area (Å²) in [5.41, 5.74) is 0. The molecule has 0 aliphatic carbocycles. The highest BCUT2D eigenvalue weighted by molar-refractivity contribution is 5.71. The highest BCUT2D eigenvalue weighted by Crippen LogP contribution is 2.15. The lowest BCUT2D eigenvalue weighted by molar-refractivity contribution is -0.166. The summed E-state index contributed by atoms with van der Waals surface area (Å²) in [6.07, 6.45) is 84.1. The number of ether oxygens (including phenoxy) is 3. The molecule has 0 aromatic carbocycles. The Balaban J connectivity index is 4.47. The smallest absolute Gasteiger partial charge is 0.306 e. The van der Waals surface area contributed by atoms with Gasteiger partial charge in [-0.05, 0) is 116 Å². The largest absolute Gasteiger partial charge is 0.462 e. The Morgan fingerprint density at radius 3 is 0.867 bits per heavy atom. The molecule has 0 amide bonds. The van der Waals surface area contributed by atoms with Crippen LogP contribution in [-0.2, 0) is 28.6 Å². The summed E-state index contributed by atoms with van der Waals surface area (Å²) in [4.78, 5) is 38.3. The van der Waals surface area contributed by atoms with Gasteiger partial charge in [0.2, 0.25) is 0 Å². The summed E-state index contributed by atoms with van der Waals surface area (Å²) >= 11 is 0. The topological polar surface area (TPSA) is 78.9 Å². The fourth-order valence-corrected chi connectivity index (χ4v) is 8.75. The molecule has 0 heterocycles. The third-order valence-electron chi connectivity index (χ3n) is 13.5. The first-order valence-electron chi connectivity index (χ1n) is 31.7. The predicted octanol–water partition coefficient (Wildman–Crippen LogP) is 21.7. The van der Waals surface area contributed by atoms with E-state index in [0.717, 1.165) is 77.0 Å². The number of rotatable bonds is 57. The van der Waals surface area contributed by atoms with E-state index in [1.165, 1.54) is 180 Å². The number of carbonyl (C=O) groups is 3. The average Bonchev–Trinajstić information content (AvgIpc) is 3.41. The maximum absolute atomic E-state index is 12.9. The monoisotopic (exact) mass is 1040 g/mol. The van der Waals surface area contributed by atoms with Gasteiger partial charge in [0.05, 0.1) is 0 Å². The van der Waals surface area contributed by atoms with Crippen molar-refractivity contribution in [3.8, 4) is 0 Å². The van der Waals surface area contributed by atoms with Crippen LogP contribution >= 0.6 is 0 Å². The Morgan fingerprint density at radius 2 is 0.507 bits per heavy atom. The van der Waals surface area contributed by atoms with E-state index in [1.54, 1.807) is 0 Å². The van der Waals surface area contributed by atoms with Gasteiger partial charge in [-0.3, -0.25) is 14.4 Å². The summed E-state index contributed by atoms with van der Waals surface area (Å²) in [5.74, 6) is -0.990. The van der Waals surface area contributed by atoms with Crippen LogP contribution in [0, 0.1) is 0 Å². The van der Waals surface area contributed by atoms with E-state index in [9.17, 15) is 14.4 Å². The van der Waals surface area contributed by atoms with E-state index in [0.29, 0.717) is 19.3 Å². The predicted molar refractivity (Wildman–Crippen MR) is 325 cm³/mol. The molecule has 0 saturated carbocycles. The number of unbranched alkanes of at least 4 members (excludes halogenated alkanes) is 30. The molecule has 0 aromatic rings. The summed E-state index contributed by atoms with van der Waals surface area (Å²) in [6, 6.07) is 0. The molecule has 0 spiro atoms. The fourth-order valence-electron chi connectivity index (χ4n) is 8.75. The molecule has 0 bridgehead atoms. The van der Waals surface area contributed by atoms with Crippen LogP contribution in [0.5, 0.6) is 0 Å². The molecule has 430 valence electrons. The van der Waals surface area contributed by atoms with E-state index in [4.69, 9.17) is 14.2 Å². The Hall–Kier alpha value is -3.67. The van der Waals surface area contributed by atoms with Crippen molar-refractivity contribution in [2.75, 3.05) is 13.2 Å². The van der Waals surface area contributed by atoms with Crippen LogP contribution in [0.25, 0.3) is 0 Å². The van der Waals surface area contributed by atoms with Crippen molar-refractivity contribution in [3.05, 3.63) is 97.2 Å². The lowest BCUT2D eigenvalue weighted by atomic mass is 10.0. The first kappa shape index (κ1) is 71.3. The maximum Gasteiger partial charge on any atom is 0.306 e. The molecule has 6 heteroatoms. The van der Waals surface area contributed by atoms with Gasteiger partial charge in [0, 0.05) is 19.3 Å². The van der Waals surface area contributed by atoms with Crippen molar-refractivity contribution in [1.82, 2.24) is 0 Å². The molecule has 75 heavy (non-hydrogen) atoms. The highest BCUT2D eigenvalue weighted by Gasteiger charge is 2.19. The number of hydrogen-bond donors (Lipinski definition) is 0. The molecule has 0 unspecified atom stereocenters. The molecule has 0 radical (unpaired) electrons. The fraction of sp³-hybridized carbons (Fsp3) is 0.725. The molecule has 0 N–H and O–H groups in total. The van der Waals surface area contributed by atoms with Crippen molar-refractivity contribution in [1.29, 1.82) is 0 Å². The Morgan fingerprint density at radius 1 is 0.267 bits per heavy atom. The average molecular weight is 1040 g/mol. The summed E-state index contributed by atoms with van der Waals surface area (Å²) in [5, 5.41) is 0. The summed E-state index contributed by atoms with van der Waals surface area (Å²) in [7, 11) is 0. The van der Waals surface area contributed by atoms with E-state index in [-0.39, 0.29) is 37.5 Å². The zero-order valence-electron chi connectivity index (χ0n) is 49.3. The van der Waals surface area contributed by atoms with Crippen molar-refractivity contribution in [3.63, 3.8) is 0 Å². The molecular formula is C69H118O6. The SMILES string of the molecule is CCCCC/C=C\C/C=C\C/C=C\C/C=C\C/C=C\CCC(=O)OC[C@H](COC(=O)CCCCCCCCCCCCC/C=C\CCCCCCCC)OC(=O)CCCCCCCCC/C=C\C/C=C\CCCCC. The Kier molecular flexibility index (Phi) is 59.8. The molecule has 0 aromatic heterocycles. The van der Waals surface area contributed by atoms with Gasteiger partial charge in [-0.1, -0.05) is 266 Å². The van der Waals surface area contributed by atoms with Gasteiger partial charge < -0.3 is 14.2 Å². The first-order valence-corrected chi connectivity index (χ1v) is 31.7. The second kappa shape index (κ2) is 62.9. The molecule has 1 atom stereocenters. The summed E-state index contributed by atoms with van der Waals surface area (Å²) in [6.45, 7) is 6.54. The van der Waals surface area contributed by atoms with E-state index in [2.05, 4.69) is 112 Å². The van der Waals surface area contributed by atoms with Crippen LogP contribution in [-0.4, -0.2) is 37.2 Å². The second-order valence-corrected chi connectivity index (χ2v) is 21.0. The second-order valence-electron chi connectivity index (χ2n) is 21.0. The van der Waals surface area contributed by atoms with Gasteiger partial charge >= 0.3 is 17.9 Å². The zero-order chi connectivity index (χ0) is 54.3. The molecule has 0 aliphatic rings. The van der Waals surface area contributed by atoms with Gasteiger partial charge in [-0.25, -0.2) is 0 Å². The van der Waals surface area contributed by atoms with E-state index < -0.39 is 6.10 Å². The van der Waals surface area contributed by atoms with Gasteiger partial charge in [0.25, 0.3) is 0 Å². The number of hydrogen-bond acceptors (Lipinski definition) is 6. The minimum atomic E-state index is -0.814. The first-order chi connectivity index (χ1) is 37.0. The molecular weight excluding hydrogens is 925 g/mol. The molecule has 0 fully saturated rings. The van der Waals surface area contributed by atoms with Gasteiger partial charge in [-0.2, -0.15) is 0 Å². The molecule has 0 aliphatic heterocycles. The number of esters is 3. The quantitative estimate of drug-likeness (QED) is 0.0261. The van der Waals surface area contributed by atoms with Crippen LogP contribution in [0.1, 0.15) is 303 Å². The molecule has 0 rings (SSSR count).